The predicted octanol–water partition coefficient (Wildman–Crippen LogP) is 2.22. The van der Waals surface area contributed by atoms with Crippen molar-refractivity contribution >= 4 is 5.91 Å². The molecule has 2 rings (SSSR count). The number of nitrogens with one attached hydrogen (secondary N) is 1. The van der Waals surface area contributed by atoms with Crippen LogP contribution in [-0.2, 0) is 47.0 Å². The number of benzene rings is 1. The summed E-state index contributed by atoms with van der Waals surface area (Å²) >= 11 is 0. The Bertz CT molecular complexity index is 413. The van der Waals surface area contributed by atoms with Gasteiger partial charge in [0.25, 0.3) is 0 Å². The van der Waals surface area contributed by atoms with Crippen molar-refractivity contribution < 1.29 is 47.0 Å². The Kier molecular flexibility index (Phi) is 7.89. The topological polar surface area (TPSA) is 47.6 Å². The average molecular weight is 351 g/mol. The molecule has 0 saturated carbocycles. The molecule has 1 aliphatic heterocycles. The number of rotatable bonds is 4. The fourth-order valence-electron chi connectivity index (χ4n) is 2.14. The van der Waals surface area contributed by atoms with E-state index < -0.39 is 0 Å². The van der Waals surface area contributed by atoms with E-state index in [4.69, 9.17) is 9.47 Å². The normalized spacial score (nSPS) is 23.5. The van der Waals surface area contributed by atoms with Gasteiger partial charge in [-0.05, 0) is 18.9 Å². The first kappa shape index (κ1) is 17.8. The summed E-state index contributed by atoms with van der Waals surface area (Å²) < 4.78 is 10.6. The van der Waals surface area contributed by atoms with Crippen molar-refractivity contribution in [2.45, 2.75) is 38.0 Å². The first-order chi connectivity index (χ1) is 9.15. The molecule has 1 N–H and O–H groups in total. The quantitative estimate of drug-likeness (QED) is 0.847. The molecule has 3 atom stereocenters. The van der Waals surface area contributed by atoms with E-state index in [1.165, 1.54) is 0 Å². The summed E-state index contributed by atoms with van der Waals surface area (Å²) in [5.74, 6) is -0.00421. The first-order valence-electron chi connectivity index (χ1n) is 6.55. The molecule has 0 unspecified atom stereocenters. The molecule has 107 valence electrons. The molecule has 0 spiro atoms. The van der Waals surface area contributed by atoms with Gasteiger partial charge in [-0.1, -0.05) is 36.4 Å². The smallest absolute Gasteiger partial charge is 0.223 e. The molecule has 1 fully saturated rings. The van der Waals surface area contributed by atoms with E-state index in [0.29, 0.717) is 12.8 Å². The molecular weight excluding hydrogens is 331 g/mol. The Labute approximate surface area is 145 Å². The molecule has 1 radical (unpaired) electrons. The second kappa shape index (κ2) is 8.88. The van der Waals surface area contributed by atoms with Crippen LogP contribution in [0.2, 0.25) is 0 Å². The van der Waals surface area contributed by atoms with Gasteiger partial charge in [0.2, 0.25) is 5.91 Å². The van der Waals surface area contributed by atoms with Crippen LogP contribution in [0.25, 0.3) is 0 Å². The second-order valence-corrected chi connectivity index (χ2v) is 4.83. The molecule has 0 aromatic heterocycles. The standard InChI is InChI=1S/C15H20NO3.Y/c1-11-8-14(19-10-18-11)9-15(17)16-12(2)13-6-4-3-5-7-13;/h3-7,11-12,14H,1,8-10H2,2H3,(H,16,17);/q-1;/t11-,12-,14-;/m0./s1. The maximum Gasteiger partial charge on any atom is 0.223 e. The maximum absolute atomic E-state index is 11.9. The van der Waals surface area contributed by atoms with Crippen molar-refractivity contribution in [2.75, 3.05) is 6.79 Å². The van der Waals surface area contributed by atoms with Crippen molar-refractivity contribution in [3.8, 4) is 0 Å². The van der Waals surface area contributed by atoms with Crippen molar-refractivity contribution in [3.05, 3.63) is 42.8 Å². The van der Waals surface area contributed by atoms with Gasteiger partial charge in [-0.2, -0.15) is 0 Å². The van der Waals surface area contributed by atoms with E-state index in [1.807, 2.05) is 37.3 Å². The van der Waals surface area contributed by atoms with Crippen LogP contribution in [0.5, 0.6) is 0 Å². The van der Waals surface area contributed by atoms with Gasteiger partial charge in [-0.25, -0.2) is 0 Å². The molecule has 1 heterocycles. The predicted molar refractivity (Wildman–Crippen MR) is 72.2 cm³/mol. The van der Waals surface area contributed by atoms with E-state index in [1.54, 1.807) is 0 Å². The third-order valence-corrected chi connectivity index (χ3v) is 3.22. The summed E-state index contributed by atoms with van der Waals surface area (Å²) in [6, 6.07) is 9.90. The Hall–Kier alpha value is -0.286. The molecule has 5 heteroatoms. The van der Waals surface area contributed by atoms with Crippen molar-refractivity contribution in [1.82, 2.24) is 5.32 Å². The largest absolute Gasteiger partial charge is 0.384 e. The summed E-state index contributed by atoms with van der Waals surface area (Å²) in [4.78, 5) is 11.9. The number of carbonyl (C=O) groups is 1. The van der Waals surface area contributed by atoms with E-state index in [2.05, 4.69) is 12.2 Å². The number of carbonyl (C=O) groups excluding carboxylic acids is 1. The van der Waals surface area contributed by atoms with Gasteiger partial charge in [0.1, 0.15) is 6.79 Å². The zero-order valence-electron chi connectivity index (χ0n) is 11.7. The Morgan fingerprint density at radius 2 is 2.10 bits per heavy atom. The number of hydrogen-bond acceptors (Lipinski definition) is 3. The summed E-state index contributed by atoms with van der Waals surface area (Å²) in [5, 5.41) is 2.98. The van der Waals surface area contributed by atoms with Crippen LogP contribution in [0.3, 0.4) is 0 Å². The van der Waals surface area contributed by atoms with Gasteiger partial charge in [-0.3, -0.25) is 4.79 Å². The first-order valence-corrected chi connectivity index (χ1v) is 6.55. The molecular formula is C15H20NO3Y-. The van der Waals surface area contributed by atoms with Gasteiger partial charge < -0.3 is 21.7 Å². The minimum absolute atomic E-state index is 0. The summed E-state index contributed by atoms with van der Waals surface area (Å²) in [6.07, 6.45) is 0.831. The van der Waals surface area contributed by atoms with E-state index >= 15 is 0 Å². The molecule has 0 aliphatic carbocycles. The van der Waals surface area contributed by atoms with Crippen molar-refractivity contribution in [2.24, 2.45) is 0 Å². The van der Waals surface area contributed by atoms with Gasteiger partial charge >= 0.3 is 0 Å². The molecule has 1 aromatic rings. The maximum atomic E-state index is 11.9. The number of hydrogen-bond donors (Lipinski definition) is 1. The molecule has 1 aromatic carbocycles. The summed E-state index contributed by atoms with van der Waals surface area (Å²) in [5.41, 5.74) is 1.10. The van der Waals surface area contributed by atoms with Crippen molar-refractivity contribution in [1.29, 1.82) is 0 Å². The van der Waals surface area contributed by atoms with E-state index in [9.17, 15) is 4.79 Å². The van der Waals surface area contributed by atoms with Crippen LogP contribution >= 0.6 is 0 Å². The van der Waals surface area contributed by atoms with Gasteiger partial charge in [0, 0.05) is 32.7 Å². The zero-order chi connectivity index (χ0) is 13.7. The molecule has 1 aliphatic rings. The fourth-order valence-corrected chi connectivity index (χ4v) is 2.14. The number of ether oxygens (including phenoxy) is 2. The molecule has 1 saturated heterocycles. The molecule has 20 heavy (non-hydrogen) atoms. The SMILES string of the molecule is [CH2-][C@H]1C[C@@H](CC(=O)N[C@@H](C)c2ccccc2)OCO1.[Y]. The van der Waals surface area contributed by atoms with Crippen LogP contribution < -0.4 is 5.32 Å². The third kappa shape index (κ3) is 5.60. The van der Waals surface area contributed by atoms with Crippen LogP contribution in [0.4, 0.5) is 0 Å². The molecule has 0 bridgehead atoms. The molecule has 1 amide bonds. The second-order valence-electron chi connectivity index (χ2n) is 4.83. The minimum Gasteiger partial charge on any atom is -0.384 e. The minimum atomic E-state index is -0.0979. The van der Waals surface area contributed by atoms with Crippen LogP contribution in [-0.4, -0.2) is 24.9 Å². The third-order valence-electron chi connectivity index (χ3n) is 3.22. The van der Waals surface area contributed by atoms with E-state index in [-0.39, 0.29) is 63.7 Å². The average Bonchev–Trinajstić information content (AvgIpc) is 2.39. The number of amides is 1. The molecule has 4 nitrogen and oxygen atoms in total. The Morgan fingerprint density at radius 1 is 1.40 bits per heavy atom. The van der Waals surface area contributed by atoms with Gasteiger partial charge in [0.15, 0.2) is 0 Å². The summed E-state index contributed by atoms with van der Waals surface area (Å²) in [6.45, 7) is 6.03. The van der Waals surface area contributed by atoms with Crippen LogP contribution in [0, 0.1) is 6.92 Å². The van der Waals surface area contributed by atoms with Gasteiger partial charge in [0.05, 0.1) is 18.6 Å². The fraction of sp³-hybridized carbons (Fsp3) is 0.467. The van der Waals surface area contributed by atoms with Crippen molar-refractivity contribution in [3.63, 3.8) is 0 Å². The zero-order valence-corrected chi connectivity index (χ0v) is 14.6. The van der Waals surface area contributed by atoms with Crippen LogP contribution in [0.15, 0.2) is 30.3 Å². The van der Waals surface area contributed by atoms with E-state index in [0.717, 1.165) is 5.56 Å². The van der Waals surface area contributed by atoms with Gasteiger partial charge in [-0.15, -0.1) is 0 Å². The van der Waals surface area contributed by atoms with Crippen LogP contribution in [0.1, 0.15) is 31.4 Å². The summed E-state index contributed by atoms with van der Waals surface area (Å²) in [7, 11) is 0. The Balaban J connectivity index is 0.00000200. The monoisotopic (exact) mass is 351 g/mol. The Morgan fingerprint density at radius 3 is 2.75 bits per heavy atom.